The van der Waals surface area contributed by atoms with Crippen LogP contribution in [0.1, 0.15) is 46.0 Å². The highest BCUT2D eigenvalue weighted by Gasteiger charge is 2.12. The van der Waals surface area contributed by atoms with E-state index in [1.807, 2.05) is 12.1 Å². The van der Waals surface area contributed by atoms with Gasteiger partial charge in [0.1, 0.15) is 6.33 Å². The van der Waals surface area contributed by atoms with Crippen molar-refractivity contribution in [2.75, 3.05) is 6.61 Å². The fourth-order valence-corrected chi connectivity index (χ4v) is 2.38. The van der Waals surface area contributed by atoms with Gasteiger partial charge in [-0.15, -0.1) is 5.10 Å². The van der Waals surface area contributed by atoms with E-state index < -0.39 is 5.97 Å². The summed E-state index contributed by atoms with van der Waals surface area (Å²) < 4.78 is 6.59. The Hall–Kier alpha value is -3.35. The van der Waals surface area contributed by atoms with Crippen LogP contribution >= 0.6 is 0 Å². The second-order valence-corrected chi connectivity index (χ2v) is 6.08. The van der Waals surface area contributed by atoms with E-state index in [0.29, 0.717) is 22.7 Å². The maximum atomic E-state index is 12.2. The lowest BCUT2D eigenvalue weighted by Gasteiger charge is -2.07. The molecule has 0 N–H and O–H groups in total. The van der Waals surface area contributed by atoms with E-state index in [9.17, 15) is 9.59 Å². The number of tetrazole rings is 1. The van der Waals surface area contributed by atoms with Crippen LogP contribution in [0.5, 0.6) is 0 Å². The number of Topliss-reactive ketones (excluding diaryl/α,β-unsaturated/α-hetero) is 1. The number of ether oxygens (including phenoxy) is 1. The lowest BCUT2D eigenvalue weighted by molar-refractivity contribution is 0.0475. The summed E-state index contributed by atoms with van der Waals surface area (Å²) in [5.74, 6) is -0.396. The van der Waals surface area contributed by atoms with Crippen LogP contribution in [0.25, 0.3) is 5.69 Å². The average Bonchev–Trinajstić information content (AvgIpc) is 3.21. The van der Waals surface area contributed by atoms with Crippen molar-refractivity contribution in [3.63, 3.8) is 0 Å². The number of nitrogens with zero attached hydrogens (tertiary/aromatic N) is 4. The Morgan fingerprint density at radius 2 is 1.65 bits per heavy atom. The first kappa shape index (κ1) is 17.5. The van der Waals surface area contributed by atoms with Gasteiger partial charge in [-0.2, -0.15) is 0 Å². The van der Waals surface area contributed by atoms with Gasteiger partial charge in [-0.3, -0.25) is 4.79 Å². The minimum atomic E-state index is -0.555. The molecular weight excluding hydrogens is 332 g/mol. The number of benzene rings is 2. The number of rotatable bonds is 6. The molecular formula is C19H18N4O3. The molecule has 0 saturated heterocycles. The normalized spacial score (nSPS) is 10.7. The van der Waals surface area contributed by atoms with Crippen molar-refractivity contribution in [1.29, 1.82) is 0 Å². The zero-order chi connectivity index (χ0) is 18.5. The van der Waals surface area contributed by atoms with Crippen molar-refractivity contribution < 1.29 is 14.3 Å². The summed E-state index contributed by atoms with van der Waals surface area (Å²) in [7, 11) is 0. The van der Waals surface area contributed by atoms with Crippen LogP contribution in [-0.4, -0.2) is 38.6 Å². The summed E-state index contributed by atoms with van der Waals surface area (Å²) in [6, 6.07) is 13.9. The Balaban J connectivity index is 1.58. The lowest BCUT2D eigenvalue weighted by Crippen LogP contribution is -2.14. The Morgan fingerprint density at radius 3 is 2.23 bits per heavy atom. The van der Waals surface area contributed by atoms with Crippen LogP contribution in [0.3, 0.4) is 0 Å². The first-order chi connectivity index (χ1) is 12.5. The monoisotopic (exact) mass is 350 g/mol. The summed E-state index contributed by atoms with van der Waals surface area (Å²) >= 11 is 0. The molecule has 1 aromatic heterocycles. The molecule has 7 nitrogen and oxygen atoms in total. The highest BCUT2D eigenvalue weighted by Crippen LogP contribution is 2.15. The van der Waals surface area contributed by atoms with Gasteiger partial charge in [-0.1, -0.05) is 38.1 Å². The van der Waals surface area contributed by atoms with Gasteiger partial charge in [-0.25, -0.2) is 9.48 Å². The van der Waals surface area contributed by atoms with Gasteiger partial charge in [0.15, 0.2) is 12.4 Å². The molecule has 0 amide bonds. The van der Waals surface area contributed by atoms with Gasteiger partial charge < -0.3 is 4.74 Å². The SMILES string of the molecule is CC(C)c1ccc(C(=O)COC(=O)c2ccc(-n3cnnn3)cc2)cc1. The van der Waals surface area contributed by atoms with Crippen LogP contribution in [-0.2, 0) is 4.74 Å². The van der Waals surface area contributed by atoms with Crippen molar-refractivity contribution in [1.82, 2.24) is 20.2 Å². The predicted octanol–water partition coefficient (Wildman–Crippen LogP) is 2.83. The second kappa shape index (κ2) is 7.69. The van der Waals surface area contributed by atoms with Crippen molar-refractivity contribution >= 4 is 11.8 Å². The highest BCUT2D eigenvalue weighted by atomic mass is 16.5. The van der Waals surface area contributed by atoms with E-state index in [1.165, 1.54) is 11.0 Å². The Labute approximate surface area is 150 Å². The molecule has 3 aromatic rings. The van der Waals surface area contributed by atoms with Gasteiger partial charge in [0.25, 0.3) is 0 Å². The van der Waals surface area contributed by atoms with Crippen molar-refractivity contribution in [3.05, 3.63) is 71.5 Å². The molecule has 3 rings (SSSR count). The van der Waals surface area contributed by atoms with Crippen LogP contribution in [0.2, 0.25) is 0 Å². The van der Waals surface area contributed by atoms with Crippen molar-refractivity contribution in [2.45, 2.75) is 19.8 Å². The molecule has 0 fully saturated rings. The molecule has 0 saturated carbocycles. The van der Waals surface area contributed by atoms with Gasteiger partial charge in [0, 0.05) is 5.56 Å². The largest absolute Gasteiger partial charge is 0.454 e. The fraction of sp³-hybridized carbons (Fsp3) is 0.211. The summed E-state index contributed by atoms with van der Waals surface area (Å²) in [4.78, 5) is 24.3. The first-order valence-corrected chi connectivity index (χ1v) is 8.18. The molecule has 26 heavy (non-hydrogen) atoms. The molecule has 0 atom stereocenters. The van der Waals surface area contributed by atoms with Crippen molar-refractivity contribution in [3.8, 4) is 5.69 Å². The Kier molecular flexibility index (Phi) is 5.17. The standard InChI is InChI=1S/C19H18N4O3/c1-13(2)14-3-5-15(6-4-14)18(24)11-26-19(25)16-7-9-17(10-8-16)23-12-20-21-22-23/h3-10,12-13H,11H2,1-2H3. The molecule has 2 aromatic carbocycles. The Morgan fingerprint density at radius 1 is 1.00 bits per heavy atom. The molecule has 0 aliphatic heterocycles. The van der Waals surface area contributed by atoms with E-state index in [1.54, 1.807) is 36.4 Å². The van der Waals surface area contributed by atoms with E-state index in [4.69, 9.17) is 4.74 Å². The number of esters is 1. The number of ketones is 1. The number of aromatic nitrogens is 4. The minimum absolute atomic E-state index is 0.237. The van der Waals surface area contributed by atoms with Crippen molar-refractivity contribution in [2.24, 2.45) is 0 Å². The third-order valence-corrected chi connectivity index (χ3v) is 3.95. The summed E-state index contributed by atoms with van der Waals surface area (Å²) in [6.07, 6.45) is 1.45. The third kappa shape index (κ3) is 4.00. The topological polar surface area (TPSA) is 87.0 Å². The highest BCUT2D eigenvalue weighted by molar-refractivity contribution is 5.99. The zero-order valence-corrected chi connectivity index (χ0v) is 14.5. The quantitative estimate of drug-likeness (QED) is 0.502. The average molecular weight is 350 g/mol. The molecule has 7 heteroatoms. The van der Waals surface area contributed by atoms with E-state index >= 15 is 0 Å². The molecule has 0 aliphatic carbocycles. The molecule has 132 valence electrons. The first-order valence-electron chi connectivity index (χ1n) is 8.18. The molecule has 1 heterocycles. The maximum absolute atomic E-state index is 12.2. The molecule has 0 spiro atoms. The number of hydrogen-bond donors (Lipinski definition) is 0. The zero-order valence-electron chi connectivity index (χ0n) is 14.5. The second-order valence-electron chi connectivity index (χ2n) is 6.08. The molecule has 0 aliphatic rings. The fourth-order valence-electron chi connectivity index (χ4n) is 2.38. The van der Waals surface area contributed by atoms with E-state index in [0.717, 1.165) is 5.56 Å². The minimum Gasteiger partial charge on any atom is -0.454 e. The molecule has 0 radical (unpaired) electrons. The predicted molar refractivity (Wildman–Crippen MR) is 94.3 cm³/mol. The van der Waals surface area contributed by atoms with E-state index in [-0.39, 0.29) is 12.4 Å². The van der Waals surface area contributed by atoms with Gasteiger partial charge >= 0.3 is 5.97 Å². The number of carbonyl (C=O) groups is 2. The lowest BCUT2D eigenvalue weighted by atomic mass is 10.0. The summed E-state index contributed by atoms with van der Waals surface area (Å²) in [6.45, 7) is 3.88. The van der Waals surface area contributed by atoms with Crippen LogP contribution in [0.15, 0.2) is 54.9 Å². The van der Waals surface area contributed by atoms with Gasteiger partial charge in [0.2, 0.25) is 0 Å². The summed E-state index contributed by atoms with van der Waals surface area (Å²) in [5.41, 5.74) is 2.75. The summed E-state index contributed by atoms with van der Waals surface area (Å²) in [5, 5.41) is 10.9. The maximum Gasteiger partial charge on any atom is 0.338 e. The smallest absolute Gasteiger partial charge is 0.338 e. The molecule has 0 unspecified atom stereocenters. The van der Waals surface area contributed by atoms with E-state index in [2.05, 4.69) is 29.4 Å². The van der Waals surface area contributed by atoms with Crippen LogP contribution in [0.4, 0.5) is 0 Å². The van der Waals surface area contributed by atoms with Crippen LogP contribution in [0, 0.1) is 0 Å². The third-order valence-electron chi connectivity index (χ3n) is 3.95. The number of hydrogen-bond acceptors (Lipinski definition) is 6. The molecule has 0 bridgehead atoms. The Bertz CT molecular complexity index is 886. The number of carbonyl (C=O) groups excluding carboxylic acids is 2. The van der Waals surface area contributed by atoms with Gasteiger partial charge in [-0.05, 0) is 46.2 Å². The van der Waals surface area contributed by atoms with Crippen LogP contribution < -0.4 is 0 Å². The van der Waals surface area contributed by atoms with Gasteiger partial charge in [0.05, 0.1) is 11.3 Å².